The van der Waals surface area contributed by atoms with Crippen molar-refractivity contribution in [3.8, 4) is 0 Å². The van der Waals surface area contributed by atoms with E-state index in [1.807, 2.05) is 42.5 Å². The molecule has 0 amide bonds. The van der Waals surface area contributed by atoms with Crippen LogP contribution in [0.25, 0.3) is 0 Å². The fourth-order valence-electron chi connectivity index (χ4n) is 4.90. The van der Waals surface area contributed by atoms with Crippen LogP contribution in [0, 0.1) is 0 Å². The van der Waals surface area contributed by atoms with Gasteiger partial charge in [-0.05, 0) is 48.5 Å². The van der Waals surface area contributed by atoms with Crippen LogP contribution in [0.5, 0.6) is 0 Å². The third-order valence-corrected chi connectivity index (χ3v) is 6.62. The highest BCUT2D eigenvalue weighted by molar-refractivity contribution is 5.58. The Balaban J connectivity index is 2.13. The first-order valence-corrected chi connectivity index (χ1v) is 11.8. The number of quaternary nitrogens is 2. The number of para-hydroxylation sites is 3. The van der Waals surface area contributed by atoms with Crippen molar-refractivity contribution in [3.63, 3.8) is 0 Å². The van der Waals surface area contributed by atoms with Crippen molar-refractivity contribution in [2.75, 3.05) is 6.61 Å². The van der Waals surface area contributed by atoms with Gasteiger partial charge in [-0.15, -0.1) is 9.29 Å². The number of hydroxylamine groups is 3. The predicted molar refractivity (Wildman–Crippen MR) is 139 cm³/mol. The average molecular weight is 449 g/mol. The minimum absolute atomic E-state index is 0.0593. The Hall–Kier alpha value is -2.50. The maximum absolute atomic E-state index is 12.1. The van der Waals surface area contributed by atoms with Crippen LogP contribution in [0.4, 0.5) is 17.1 Å². The number of benzene rings is 3. The van der Waals surface area contributed by atoms with Crippen LogP contribution in [-0.4, -0.2) is 28.9 Å². The Bertz CT molecular complexity index is 972. The highest BCUT2D eigenvalue weighted by Crippen LogP contribution is 2.44. The smallest absolute Gasteiger partial charge is 0.171 e. The van der Waals surface area contributed by atoms with Gasteiger partial charge in [-0.1, -0.05) is 54.6 Å². The second-order valence-electron chi connectivity index (χ2n) is 10.7. The molecule has 3 rings (SSSR count). The molecule has 0 aliphatic rings. The van der Waals surface area contributed by atoms with E-state index in [1.54, 1.807) is 0 Å². The molecule has 4 nitrogen and oxygen atoms in total. The quantitative estimate of drug-likeness (QED) is 0.283. The summed E-state index contributed by atoms with van der Waals surface area (Å²) in [4.78, 5) is 7.01. The third-order valence-electron chi connectivity index (χ3n) is 6.62. The van der Waals surface area contributed by atoms with Crippen LogP contribution in [0.2, 0.25) is 0 Å². The van der Waals surface area contributed by atoms with E-state index < -0.39 is 5.54 Å². The Morgan fingerprint density at radius 1 is 0.667 bits per heavy atom. The van der Waals surface area contributed by atoms with Crippen molar-refractivity contribution < 1.29 is 10.0 Å². The third kappa shape index (κ3) is 4.49. The van der Waals surface area contributed by atoms with Crippen LogP contribution < -0.4 is 9.29 Å². The molecule has 0 aliphatic heterocycles. The Labute approximate surface area is 199 Å². The molecule has 33 heavy (non-hydrogen) atoms. The van der Waals surface area contributed by atoms with Gasteiger partial charge in [0.15, 0.2) is 29.2 Å². The maximum Gasteiger partial charge on any atom is 0.171 e. The van der Waals surface area contributed by atoms with Gasteiger partial charge in [-0.2, -0.15) is 4.84 Å². The highest BCUT2D eigenvalue weighted by atomic mass is 16.7. The molecular weight excluding hydrogens is 408 g/mol. The van der Waals surface area contributed by atoms with Gasteiger partial charge >= 0.3 is 0 Å². The minimum Gasteiger partial charge on any atom is -0.211 e. The Morgan fingerprint density at radius 2 is 1.03 bits per heavy atom. The molecule has 0 saturated carbocycles. The summed E-state index contributed by atoms with van der Waals surface area (Å²) in [5.41, 5.74) is 2.01. The summed E-state index contributed by atoms with van der Waals surface area (Å²) in [6.45, 7) is 15.2. The zero-order chi connectivity index (χ0) is 24.3. The fourth-order valence-corrected chi connectivity index (χ4v) is 4.90. The van der Waals surface area contributed by atoms with E-state index in [0.717, 1.165) is 17.1 Å². The zero-order valence-corrected chi connectivity index (χ0v) is 21.2. The van der Waals surface area contributed by atoms with Gasteiger partial charge in [0, 0.05) is 36.4 Å². The number of nitrogens with zero attached hydrogens (tertiary/aromatic N) is 2. The van der Waals surface area contributed by atoms with Crippen LogP contribution in [0.1, 0.15) is 48.5 Å². The van der Waals surface area contributed by atoms with Crippen molar-refractivity contribution in [2.45, 2.75) is 65.6 Å². The van der Waals surface area contributed by atoms with Crippen LogP contribution in [0.3, 0.4) is 0 Å². The van der Waals surface area contributed by atoms with E-state index in [0.29, 0.717) is 6.61 Å². The summed E-state index contributed by atoms with van der Waals surface area (Å²) in [7, 11) is 0. The maximum atomic E-state index is 12.1. The number of rotatable bonds is 8. The standard InChI is InChI=1S/C29H40N2O2/c1-24(2)30(32,25-17-11-8-12-18-25)29(6,7)23-33-31(28(3,4)5,26-19-13-9-14-20-26)27-21-15-10-16-22-27/h8-22,24,32H,23H2,1-7H3/q+2. The predicted octanol–water partition coefficient (Wildman–Crippen LogP) is 7.64. The first-order valence-electron chi connectivity index (χ1n) is 11.8. The first-order chi connectivity index (χ1) is 15.5. The second-order valence-corrected chi connectivity index (χ2v) is 10.7. The van der Waals surface area contributed by atoms with E-state index in [2.05, 4.69) is 97.0 Å². The molecule has 0 bridgehead atoms. The SMILES string of the molecule is CC(C)[N+](O)(c1ccccc1)C(C)(C)CO[N+](c1ccccc1)(c1ccccc1)C(C)(C)C. The summed E-state index contributed by atoms with van der Waals surface area (Å²) in [6.07, 6.45) is 0. The van der Waals surface area contributed by atoms with E-state index in [4.69, 9.17) is 4.84 Å². The monoisotopic (exact) mass is 448 g/mol. The largest absolute Gasteiger partial charge is 0.211 e. The fraction of sp³-hybridized carbons (Fsp3) is 0.379. The molecular formula is C29H40N2O2+2. The van der Waals surface area contributed by atoms with E-state index in [-0.39, 0.29) is 20.9 Å². The molecule has 0 fully saturated rings. The molecule has 1 N–H and O–H groups in total. The lowest BCUT2D eigenvalue weighted by Crippen LogP contribution is -2.68. The Morgan fingerprint density at radius 3 is 1.36 bits per heavy atom. The molecule has 3 aromatic carbocycles. The number of hydrogen-bond acceptors (Lipinski definition) is 2. The summed E-state index contributed by atoms with van der Waals surface area (Å²) in [5.74, 6) is 0. The number of hydrogen-bond donors (Lipinski definition) is 1. The van der Waals surface area contributed by atoms with Gasteiger partial charge in [-0.25, -0.2) is 5.21 Å². The Kier molecular flexibility index (Phi) is 7.15. The normalized spacial score (nSPS) is 14.8. The van der Waals surface area contributed by atoms with Crippen molar-refractivity contribution in [3.05, 3.63) is 91.0 Å². The molecule has 0 aliphatic carbocycles. The molecule has 0 saturated heterocycles. The minimum atomic E-state index is -0.631. The first kappa shape index (κ1) is 25.1. The van der Waals surface area contributed by atoms with E-state index in [1.165, 1.54) is 0 Å². The van der Waals surface area contributed by atoms with Crippen LogP contribution in [-0.2, 0) is 4.84 Å². The topological polar surface area (TPSA) is 29.5 Å². The molecule has 1 unspecified atom stereocenters. The van der Waals surface area contributed by atoms with Crippen molar-refractivity contribution in [1.82, 2.24) is 9.29 Å². The summed E-state index contributed by atoms with van der Waals surface area (Å²) >= 11 is 0. The van der Waals surface area contributed by atoms with Gasteiger partial charge in [-0.3, -0.25) is 0 Å². The van der Waals surface area contributed by atoms with Gasteiger partial charge in [0.2, 0.25) is 0 Å². The summed E-state index contributed by atoms with van der Waals surface area (Å²) < 4.78 is -0.00738. The molecule has 4 heteroatoms. The molecule has 0 aromatic heterocycles. The molecule has 0 spiro atoms. The zero-order valence-electron chi connectivity index (χ0n) is 21.2. The van der Waals surface area contributed by atoms with Gasteiger partial charge in [0.1, 0.15) is 11.6 Å². The molecule has 176 valence electrons. The van der Waals surface area contributed by atoms with Crippen LogP contribution >= 0.6 is 0 Å². The second kappa shape index (κ2) is 9.40. The lowest BCUT2D eigenvalue weighted by atomic mass is 9.98. The summed E-state index contributed by atoms with van der Waals surface area (Å²) in [5, 5.41) is 12.1. The molecule has 0 heterocycles. The average Bonchev–Trinajstić information content (AvgIpc) is 2.79. The van der Waals surface area contributed by atoms with E-state index >= 15 is 0 Å². The van der Waals surface area contributed by atoms with Crippen molar-refractivity contribution in [2.24, 2.45) is 0 Å². The molecule has 1 atom stereocenters. The van der Waals surface area contributed by atoms with Crippen molar-refractivity contribution in [1.29, 1.82) is 0 Å². The van der Waals surface area contributed by atoms with Gasteiger partial charge < -0.3 is 0 Å². The van der Waals surface area contributed by atoms with Crippen molar-refractivity contribution >= 4 is 17.1 Å². The highest BCUT2D eigenvalue weighted by Gasteiger charge is 2.54. The van der Waals surface area contributed by atoms with Gasteiger partial charge in [0.05, 0.1) is 0 Å². The molecule has 3 aromatic rings. The van der Waals surface area contributed by atoms with E-state index in [9.17, 15) is 5.21 Å². The van der Waals surface area contributed by atoms with Gasteiger partial charge in [0.25, 0.3) is 0 Å². The lowest BCUT2D eigenvalue weighted by Gasteiger charge is -2.49. The molecule has 0 radical (unpaired) electrons. The lowest BCUT2D eigenvalue weighted by molar-refractivity contribution is -0.231. The summed E-state index contributed by atoms with van der Waals surface area (Å²) in [6, 6.07) is 30.6. The van der Waals surface area contributed by atoms with Crippen LogP contribution in [0.15, 0.2) is 91.0 Å².